The Kier molecular flexibility index (Phi) is 2770. The van der Waals surface area contributed by atoms with Crippen LogP contribution in [0.4, 0.5) is 0 Å². The van der Waals surface area contributed by atoms with Gasteiger partial charge in [0.15, 0.2) is 0 Å². The van der Waals surface area contributed by atoms with Crippen LogP contribution in [0.25, 0.3) is 0 Å². The molecule has 78 valence electrons. The average molecular weight is 257 g/mol. The van der Waals surface area contributed by atoms with Crippen molar-refractivity contribution in [1.82, 2.24) is 6.15 Å². The standard InChI is InChI=1S/3C2H5.CH2O2.H3N.Pd/c3*1-2;2-1-3;;/h3*1H2,2H3;1H,(H,2,3);1H3;/q3*-1;;;. The molecule has 0 rings (SSSR count). The fourth-order valence-corrected chi connectivity index (χ4v) is 0. The van der Waals surface area contributed by atoms with E-state index in [4.69, 9.17) is 9.90 Å². The maximum atomic E-state index is 8.36. The molecule has 0 aromatic heterocycles. The number of carboxylic acid groups (broad SMARTS) is 1. The molecule has 0 aromatic rings. The molecule has 11 heavy (non-hydrogen) atoms. The van der Waals surface area contributed by atoms with Gasteiger partial charge in [-0.15, -0.1) is 0 Å². The molecule has 0 amide bonds. The average Bonchev–Trinajstić information content (AvgIpc) is 2.01. The maximum absolute atomic E-state index is 8.36. The Bertz CT molecular complexity index is 23.9. The summed E-state index contributed by atoms with van der Waals surface area (Å²) in [5.41, 5.74) is 0. The van der Waals surface area contributed by atoms with Crippen LogP contribution in [0.2, 0.25) is 0 Å². The first kappa shape index (κ1) is 43.6. The first-order valence-electron chi connectivity index (χ1n) is 2.62. The van der Waals surface area contributed by atoms with Gasteiger partial charge < -0.3 is 32.0 Å². The zero-order valence-electron chi connectivity index (χ0n) is 7.58. The molecule has 0 aliphatic rings. The number of hydrogen-bond acceptors (Lipinski definition) is 2. The van der Waals surface area contributed by atoms with E-state index < -0.39 is 0 Å². The van der Waals surface area contributed by atoms with Gasteiger partial charge in [-0.05, 0) is 0 Å². The van der Waals surface area contributed by atoms with Gasteiger partial charge in [-0.3, -0.25) is 4.79 Å². The van der Waals surface area contributed by atoms with Gasteiger partial charge in [-0.1, -0.05) is 0 Å². The Hall–Kier alpha value is 0.0923. The smallest absolute Gasteiger partial charge is 0.290 e. The molecule has 0 heterocycles. The van der Waals surface area contributed by atoms with Crippen LogP contribution in [-0.2, 0) is 25.2 Å². The van der Waals surface area contributed by atoms with Crippen LogP contribution < -0.4 is 6.15 Å². The number of rotatable bonds is 0. The van der Waals surface area contributed by atoms with Crippen molar-refractivity contribution in [3.63, 3.8) is 0 Å². The maximum Gasteiger partial charge on any atom is 0.290 e. The Morgan fingerprint density at radius 2 is 1.00 bits per heavy atom. The summed E-state index contributed by atoms with van der Waals surface area (Å²) in [4.78, 5) is 8.36. The molecule has 4 heteroatoms. The van der Waals surface area contributed by atoms with E-state index in [9.17, 15) is 0 Å². The summed E-state index contributed by atoms with van der Waals surface area (Å²) < 4.78 is 0. The molecule has 0 aliphatic heterocycles. The van der Waals surface area contributed by atoms with E-state index in [1.54, 1.807) is 20.8 Å². The van der Waals surface area contributed by atoms with Gasteiger partial charge in [0.05, 0.1) is 0 Å². The second-order valence-electron chi connectivity index (χ2n) is 0.105. The Morgan fingerprint density at radius 3 is 1.00 bits per heavy atom. The second kappa shape index (κ2) is 699. The van der Waals surface area contributed by atoms with Crippen molar-refractivity contribution in [2.45, 2.75) is 20.8 Å². The van der Waals surface area contributed by atoms with Crippen LogP contribution >= 0.6 is 0 Å². The van der Waals surface area contributed by atoms with Crippen molar-refractivity contribution in [1.29, 1.82) is 0 Å². The molecule has 0 aromatic carbocycles. The predicted octanol–water partition coefficient (Wildman–Crippen LogP) is 2.38. The minimum atomic E-state index is -0.250. The van der Waals surface area contributed by atoms with E-state index in [1.807, 2.05) is 0 Å². The summed E-state index contributed by atoms with van der Waals surface area (Å²) in [6.07, 6.45) is 0. The molecule has 0 radical (unpaired) electrons. The summed E-state index contributed by atoms with van der Waals surface area (Å²) in [5, 5.41) is 6.89. The van der Waals surface area contributed by atoms with E-state index in [2.05, 4.69) is 20.8 Å². The molecular weight excluding hydrogens is 237 g/mol. The first-order valence-corrected chi connectivity index (χ1v) is 2.62. The number of hydrogen-bond donors (Lipinski definition) is 2. The van der Waals surface area contributed by atoms with Gasteiger partial charge in [0, 0.05) is 20.4 Å². The Morgan fingerprint density at radius 1 is 1.00 bits per heavy atom. The van der Waals surface area contributed by atoms with Crippen LogP contribution in [0.1, 0.15) is 20.8 Å². The van der Waals surface area contributed by atoms with Crippen LogP contribution in [0.3, 0.4) is 0 Å². The SMILES string of the molecule is N.O=CO.[CH2-]C.[CH2-]C.[CH2-]C.[Pd]. The van der Waals surface area contributed by atoms with Crippen LogP contribution in [0.5, 0.6) is 0 Å². The van der Waals surface area contributed by atoms with Crippen molar-refractivity contribution in [2.24, 2.45) is 0 Å². The monoisotopic (exact) mass is 256 g/mol. The summed E-state index contributed by atoms with van der Waals surface area (Å²) in [6, 6.07) is 0. The molecule has 0 spiro atoms. The molecule has 0 fully saturated rings. The van der Waals surface area contributed by atoms with E-state index in [0.29, 0.717) is 0 Å². The third-order valence-electron chi connectivity index (χ3n) is 0. The zero-order chi connectivity index (χ0) is 8.71. The largest absolute Gasteiger partial charge is 0.483 e. The minimum absolute atomic E-state index is 0. The van der Waals surface area contributed by atoms with Crippen molar-refractivity contribution >= 4 is 6.47 Å². The van der Waals surface area contributed by atoms with E-state index in [0.717, 1.165) is 0 Å². The van der Waals surface area contributed by atoms with Crippen LogP contribution in [-0.4, -0.2) is 11.6 Å². The third kappa shape index (κ3) is 77500. The quantitative estimate of drug-likeness (QED) is 0.397. The molecule has 0 saturated carbocycles. The Labute approximate surface area is 84.8 Å². The third-order valence-corrected chi connectivity index (χ3v) is 0. The van der Waals surface area contributed by atoms with Gasteiger partial charge in [0.25, 0.3) is 6.47 Å². The molecule has 3 nitrogen and oxygen atoms in total. The van der Waals surface area contributed by atoms with Gasteiger partial charge in [-0.2, -0.15) is 20.8 Å². The van der Waals surface area contributed by atoms with Crippen molar-refractivity contribution in [3.8, 4) is 0 Å². The topological polar surface area (TPSA) is 72.3 Å². The zero-order valence-corrected chi connectivity index (χ0v) is 9.13. The molecule has 0 saturated heterocycles. The summed E-state index contributed by atoms with van der Waals surface area (Å²) >= 11 is 0. The molecule has 0 aliphatic carbocycles. The van der Waals surface area contributed by atoms with E-state index in [1.165, 1.54) is 0 Å². The molecule has 0 atom stereocenters. The van der Waals surface area contributed by atoms with Gasteiger partial charge in [0.1, 0.15) is 0 Å². The normalized spacial score (nSPS) is 2.73. The van der Waals surface area contributed by atoms with Crippen molar-refractivity contribution in [2.75, 3.05) is 0 Å². The molecule has 4 N–H and O–H groups in total. The predicted molar refractivity (Wildman–Crippen MR) is 46.8 cm³/mol. The summed E-state index contributed by atoms with van der Waals surface area (Å²) in [6.45, 7) is 14.8. The summed E-state index contributed by atoms with van der Waals surface area (Å²) in [5.74, 6) is 0. The van der Waals surface area contributed by atoms with Crippen molar-refractivity contribution in [3.05, 3.63) is 20.8 Å². The summed E-state index contributed by atoms with van der Waals surface area (Å²) in [7, 11) is 0. The van der Waals surface area contributed by atoms with Gasteiger partial charge >= 0.3 is 0 Å². The fraction of sp³-hybridized carbons (Fsp3) is 0.429. The van der Waals surface area contributed by atoms with Gasteiger partial charge in [0.2, 0.25) is 0 Å². The van der Waals surface area contributed by atoms with Gasteiger partial charge in [-0.25, -0.2) is 0 Å². The van der Waals surface area contributed by atoms with E-state index in [-0.39, 0.29) is 33.0 Å². The molecular formula is C7H20NO2Pd-3. The minimum Gasteiger partial charge on any atom is -0.483 e. The molecule has 0 unspecified atom stereocenters. The second-order valence-corrected chi connectivity index (χ2v) is 0.105. The number of carbonyl (C=O) groups is 1. The van der Waals surface area contributed by atoms with E-state index >= 15 is 0 Å². The Balaban J connectivity index is -0.00000000729. The fourth-order valence-electron chi connectivity index (χ4n) is 0. The van der Waals surface area contributed by atoms with Crippen LogP contribution in [0, 0.1) is 20.8 Å². The van der Waals surface area contributed by atoms with Crippen LogP contribution in [0.15, 0.2) is 0 Å². The van der Waals surface area contributed by atoms with Crippen molar-refractivity contribution < 1.29 is 30.3 Å². The molecule has 0 bridgehead atoms. The first-order chi connectivity index (χ1) is 4.41.